The number of para-hydroxylation sites is 1. The van der Waals surface area contributed by atoms with Gasteiger partial charge in [0, 0.05) is 7.05 Å². The van der Waals surface area contributed by atoms with E-state index in [-0.39, 0.29) is 6.61 Å². The first-order chi connectivity index (χ1) is 7.41. The molecule has 0 bridgehead atoms. The number of anilines is 1. The van der Waals surface area contributed by atoms with E-state index >= 15 is 0 Å². The van der Waals surface area contributed by atoms with Crippen LogP contribution in [0, 0.1) is 6.92 Å². The second-order valence-corrected chi connectivity index (χ2v) is 6.17. The molecule has 0 heterocycles. The SMILES string of the molecule is Cc1ccccc1N(C)S(=O)(=O)C(C)CO. The van der Waals surface area contributed by atoms with Crippen molar-refractivity contribution in [3.8, 4) is 0 Å². The molecule has 90 valence electrons. The second kappa shape index (κ2) is 4.84. The molecule has 0 spiro atoms. The molecule has 1 atom stereocenters. The number of sulfonamides is 1. The van der Waals surface area contributed by atoms with Gasteiger partial charge in [0.05, 0.1) is 12.3 Å². The average Bonchev–Trinajstić information content (AvgIpc) is 2.27. The van der Waals surface area contributed by atoms with E-state index < -0.39 is 15.3 Å². The Hall–Kier alpha value is -1.07. The van der Waals surface area contributed by atoms with E-state index in [0.717, 1.165) is 5.56 Å². The Labute approximate surface area is 96.6 Å². The third-order valence-corrected chi connectivity index (χ3v) is 4.73. The molecule has 1 aromatic carbocycles. The van der Waals surface area contributed by atoms with Gasteiger partial charge >= 0.3 is 0 Å². The molecule has 5 heteroatoms. The van der Waals surface area contributed by atoms with Crippen LogP contribution in [0.1, 0.15) is 12.5 Å². The average molecular weight is 243 g/mol. The summed E-state index contributed by atoms with van der Waals surface area (Å²) in [6, 6.07) is 7.24. The Balaban J connectivity index is 3.13. The summed E-state index contributed by atoms with van der Waals surface area (Å²) in [4.78, 5) is 0. The number of aliphatic hydroxyl groups excluding tert-OH is 1. The Morgan fingerprint density at radius 1 is 1.38 bits per heavy atom. The molecule has 0 aliphatic carbocycles. The Kier molecular flexibility index (Phi) is 3.93. The Morgan fingerprint density at radius 3 is 2.44 bits per heavy atom. The molecule has 16 heavy (non-hydrogen) atoms. The third-order valence-electron chi connectivity index (χ3n) is 2.60. The summed E-state index contributed by atoms with van der Waals surface area (Å²) in [5, 5.41) is 8.14. The van der Waals surface area contributed by atoms with Gasteiger partial charge in [-0.05, 0) is 25.5 Å². The van der Waals surface area contributed by atoms with E-state index in [1.54, 1.807) is 12.1 Å². The summed E-state index contributed by atoms with van der Waals surface area (Å²) in [7, 11) is -1.98. The lowest BCUT2D eigenvalue weighted by atomic mass is 10.2. The zero-order chi connectivity index (χ0) is 12.3. The third kappa shape index (κ3) is 2.36. The van der Waals surface area contributed by atoms with Crippen molar-refractivity contribution in [1.82, 2.24) is 0 Å². The first kappa shape index (κ1) is 13.0. The monoisotopic (exact) mass is 243 g/mol. The van der Waals surface area contributed by atoms with Gasteiger partial charge in [0.15, 0.2) is 0 Å². The number of hydrogen-bond acceptors (Lipinski definition) is 3. The second-order valence-electron chi connectivity index (χ2n) is 3.79. The van der Waals surface area contributed by atoms with Crippen molar-refractivity contribution in [2.24, 2.45) is 0 Å². The summed E-state index contributed by atoms with van der Waals surface area (Å²) in [6.07, 6.45) is 0. The molecular weight excluding hydrogens is 226 g/mol. The molecule has 1 unspecified atom stereocenters. The van der Waals surface area contributed by atoms with Crippen molar-refractivity contribution in [3.63, 3.8) is 0 Å². The molecule has 0 saturated carbocycles. The fourth-order valence-corrected chi connectivity index (χ4v) is 2.63. The van der Waals surface area contributed by atoms with Crippen LogP contribution in [0.25, 0.3) is 0 Å². The van der Waals surface area contributed by atoms with Crippen LogP contribution in [-0.4, -0.2) is 32.4 Å². The van der Waals surface area contributed by atoms with E-state index in [0.29, 0.717) is 5.69 Å². The highest BCUT2D eigenvalue weighted by atomic mass is 32.2. The molecule has 0 fully saturated rings. The van der Waals surface area contributed by atoms with Gasteiger partial charge in [0.1, 0.15) is 5.25 Å². The summed E-state index contributed by atoms with van der Waals surface area (Å²) in [6.45, 7) is 2.97. The smallest absolute Gasteiger partial charge is 0.239 e. The van der Waals surface area contributed by atoms with Crippen molar-refractivity contribution in [2.45, 2.75) is 19.1 Å². The molecular formula is C11H17NO3S. The first-order valence-corrected chi connectivity index (χ1v) is 6.55. The van der Waals surface area contributed by atoms with Gasteiger partial charge in [0.25, 0.3) is 0 Å². The van der Waals surface area contributed by atoms with Crippen molar-refractivity contribution < 1.29 is 13.5 Å². The van der Waals surface area contributed by atoms with E-state index in [1.165, 1.54) is 18.3 Å². The summed E-state index contributed by atoms with van der Waals surface area (Å²) >= 11 is 0. The van der Waals surface area contributed by atoms with Crippen LogP contribution in [0.3, 0.4) is 0 Å². The van der Waals surface area contributed by atoms with E-state index in [4.69, 9.17) is 5.11 Å². The van der Waals surface area contributed by atoms with E-state index in [1.807, 2.05) is 19.1 Å². The Morgan fingerprint density at radius 2 is 1.94 bits per heavy atom. The maximum Gasteiger partial charge on any atom is 0.239 e. The molecule has 0 amide bonds. The highest BCUT2D eigenvalue weighted by Crippen LogP contribution is 2.22. The van der Waals surface area contributed by atoms with Gasteiger partial charge in [-0.25, -0.2) is 8.42 Å². The predicted molar refractivity (Wildman–Crippen MR) is 65.0 cm³/mol. The van der Waals surface area contributed by atoms with Crippen molar-refractivity contribution >= 4 is 15.7 Å². The van der Waals surface area contributed by atoms with Crippen LogP contribution < -0.4 is 4.31 Å². The predicted octanol–water partition coefficient (Wildman–Crippen LogP) is 1.14. The summed E-state index contributed by atoms with van der Waals surface area (Å²) < 4.78 is 25.2. The summed E-state index contributed by atoms with van der Waals surface area (Å²) in [5.41, 5.74) is 1.53. The van der Waals surface area contributed by atoms with Crippen LogP contribution in [0.5, 0.6) is 0 Å². The van der Waals surface area contributed by atoms with Crippen LogP contribution >= 0.6 is 0 Å². The fraction of sp³-hybridized carbons (Fsp3) is 0.455. The minimum absolute atomic E-state index is 0.376. The molecule has 0 aromatic heterocycles. The maximum atomic E-state index is 12.0. The molecule has 1 aromatic rings. The molecule has 0 aliphatic heterocycles. The van der Waals surface area contributed by atoms with Gasteiger partial charge in [-0.2, -0.15) is 0 Å². The first-order valence-electron chi connectivity index (χ1n) is 5.05. The van der Waals surface area contributed by atoms with Gasteiger partial charge in [-0.15, -0.1) is 0 Å². The van der Waals surface area contributed by atoms with E-state index in [2.05, 4.69) is 0 Å². The quantitative estimate of drug-likeness (QED) is 0.862. The molecule has 0 aliphatic rings. The lowest BCUT2D eigenvalue weighted by molar-refractivity contribution is 0.295. The van der Waals surface area contributed by atoms with Crippen molar-refractivity contribution in [3.05, 3.63) is 29.8 Å². The molecule has 0 saturated heterocycles. The van der Waals surface area contributed by atoms with Crippen LogP contribution in [0.15, 0.2) is 24.3 Å². The van der Waals surface area contributed by atoms with Crippen molar-refractivity contribution in [2.75, 3.05) is 18.0 Å². The van der Waals surface area contributed by atoms with Gasteiger partial charge in [0.2, 0.25) is 10.0 Å². The van der Waals surface area contributed by atoms with Gasteiger partial charge < -0.3 is 5.11 Å². The largest absolute Gasteiger partial charge is 0.395 e. The lowest BCUT2D eigenvalue weighted by Crippen LogP contribution is -2.36. The van der Waals surface area contributed by atoms with Crippen molar-refractivity contribution in [1.29, 1.82) is 0 Å². The Bertz CT molecular complexity index is 456. The number of benzene rings is 1. The number of aliphatic hydroxyl groups is 1. The fourth-order valence-electron chi connectivity index (χ4n) is 1.42. The molecule has 0 radical (unpaired) electrons. The topological polar surface area (TPSA) is 57.6 Å². The number of hydrogen-bond donors (Lipinski definition) is 1. The van der Waals surface area contributed by atoms with E-state index in [9.17, 15) is 8.42 Å². The maximum absolute atomic E-state index is 12.0. The zero-order valence-corrected chi connectivity index (χ0v) is 10.5. The van der Waals surface area contributed by atoms with Gasteiger partial charge in [-0.3, -0.25) is 4.31 Å². The summed E-state index contributed by atoms with van der Waals surface area (Å²) in [5.74, 6) is 0. The zero-order valence-electron chi connectivity index (χ0n) is 9.71. The minimum Gasteiger partial charge on any atom is -0.395 e. The lowest BCUT2D eigenvalue weighted by Gasteiger charge is -2.24. The normalized spacial score (nSPS) is 13.5. The van der Waals surface area contributed by atoms with Crippen LogP contribution in [-0.2, 0) is 10.0 Å². The highest BCUT2D eigenvalue weighted by Gasteiger charge is 2.26. The highest BCUT2D eigenvalue weighted by molar-refractivity contribution is 7.93. The number of rotatable bonds is 4. The molecule has 1 N–H and O–H groups in total. The number of nitrogens with zero attached hydrogens (tertiary/aromatic N) is 1. The van der Waals surface area contributed by atoms with Crippen LogP contribution in [0.4, 0.5) is 5.69 Å². The van der Waals surface area contributed by atoms with Gasteiger partial charge in [-0.1, -0.05) is 18.2 Å². The number of aryl methyl sites for hydroxylation is 1. The standard InChI is InChI=1S/C11H17NO3S/c1-9-6-4-5-7-11(9)12(3)16(14,15)10(2)8-13/h4-7,10,13H,8H2,1-3H3. The molecule has 4 nitrogen and oxygen atoms in total. The molecule has 1 rings (SSSR count). The minimum atomic E-state index is -3.48. The van der Waals surface area contributed by atoms with Crippen LogP contribution in [0.2, 0.25) is 0 Å².